The molecule has 9 heteroatoms. The number of aryl methyl sites for hydroxylation is 1. The largest absolute Gasteiger partial charge is 0.322 e. The van der Waals surface area contributed by atoms with Crippen molar-refractivity contribution in [3.63, 3.8) is 0 Å². The van der Waals surface area contributed by atoms with Crippen molar-refractivity contribution in [2.24, 2.45) is 0 Å². The van der Waals surface area contributed by atoms with E-state index in [9.17, 15) is 23.3 Å². The van der Waals surface area contributed by atoms with Gasteiger partial charge in [-0.15, -0.1) is 0 Å². The van der Waals surface area contributed by atoms with E-state index in [-0.39, 0.29) is 21.8 Å². The lowest BCUT2D eigenvalue weighted by Gasteiger charge is -2.11. The van der Waals surface area contributed by atoms with Gasteiger partial charge >= 0.3 is 0 Å². The van der Waals surface area contributed by atoms with E-state index in [1.54, 1.807) is 25.1 Å². The Bertz CT molecular complexity index is 1170. The molecule has 29 heavy (non-hydrogen) atoms. The Balaban J connectivity index is 1.75. The number of hydrogen-bond donors (Lipinski definition) is 2. The van der Waals surface area contributed by atoms with E-state index in [0.29, 0.717) is 5.69 Å². The number of carbonyl (C=O) groups excluding carboxylic acids is 1. The number of nitro groups is 1. The number of hydrogen-bond acceptors (Lipinski definition) is 5. The van der Waals surface area contributed by atoms with Gasteiger partial charge in [-0.05, 0) is 48.9 Å². The molecule has 3 aromatic carbocycles. The van der Waals surface area contributed by atoms with Crippen LogP contribution in [0.25, 0.3) is 0 Å². The summed E-state index contributed by atoms with van der Waals surface area (Å²) < 4.78 is 27.6. The van der Waals surface area contributed by atoms with Crippen LogP contribution in [0.1, 0.15) is 15.9 Å². The van der Waals surface area contributed by atoms with E-state index in [1.165, 1.54) is 48.5 Å². The average molecular weight is 411 g/mol. The summed E-state index contributed by atoms with van der Waals surface area (Å²) in [6.07, 6.45) is 0. The number of amides is 1. The maximum atomic E-state index is 12.6. The molecule has 0 unspecified atom stereocenters. The van der Waals surface area contributed by atoms with Crippen molar-refractivity contribution in [2.45, 2.75) is 11.8 Å². The first-order valence-electron chi connectivity index (χ1n) is 8.50. The Morgan fingerprint density at radius 1 is 0.966 bits per heavy atom. The molecule has 0 bridgehead atoms. The SMILES string of the molecule is Cc1ccccc1NS(=O)(=O)c1ccc(C(=O)Nc2cccc([N+](=O)[O-])c2)cc1. The third-order valence-electron chi connectivity index (χ3n) is 4.13. The van der Waals surface area contributed by atoms with Crippen LogP contribution in [-0.4, -0.2) is 19.2 Å². The number of rotatable bonds is 6. The Morgan fingerprint density at radius 2 is 1.66 bits per heavy atom. The highest BCUT2D eigenvalue weighted by atomic mass is 32.2. The predicted molar refractivity (Wildman–Crippen MR) is 109 cm³/mol. The van der Waals surface area contributed by atoms with Crippen LogP contribution in [0.5, 0.6) is 0 Å². The first-order valence-corrected chi connectivity index (χ1v) is 9.99. The Hall–Kier alpha value is -3.72. The number of non-ortho nitro benzene ring substituents is 1. The van der Waals surface area contributed by atoms with Gasteiger partial charge in [0.25, 0.3) is 21.6 Å². The fraction of sp³-hybridized carbons (Fsp3) is 0.0500. The van der Waals surface area contributed by atoms with E-state index in [1.807, 2.05) is 6.07 Å². The number of sulfonamides is 1. The molecule has 3 aromatic rings. The molecule has 0 aliphatic rings. The summed E-state index contributed by atoms with van der Waals surface area (Å²) in [6.45, 7) is 1.79. The minimum atomic E-state index is -3.81. The zero-order valence-electron chi connectivity index (χ0n) is 15.3. The number of anilines is 2. The first kappa shape index (κ1) is 20.0. The lowest BCUT2D eigenvalue weighted by Crippen LogP contribution is -2.15. The minimum absolute atomic E-state index is 0.00709. The van der Waals surface area contributed by atoms with Gasteiger partial charge in [0.05, 0.1) is 15.5 Å². The van der Waals surface area contributed by atoms with Crippen LogP contribution in [-0.2, 0) is 10.0 Å². The van der Waals surface area contributed by atoms with Crippen LogP contribution in [0.15, 0.2) is 77.7 Å². The van der Waals surface area contributed by atoms with Crippen molar-refractivity contribution in [1.82, 2.24) is 0 Å². The maximum absolute atomic E-state index is 12.6. The zero-order valence-corrected chi connectivity index (χ0v) is 16.1. The molecule has 0 atom stereocenters. The molecule has 1 amide bonds. The van der Waals surface area contributed by atoms with Crippen molar-refractivity contribution < 1.29 is 18.1 Å². The molecule has 0 saturated carbocycles. The molecule has 3 rings (SSSR count). The second kappa shape index (κ2) is 8.11. The lowest BCUT2D eigenvalue weighted by atomic mass is 10.2. The van der Waals surface area contributed by atoms with Gasteiger partial charge in [0.2, 0.25) is 0 Å². The van der Waals surface area contributed by atoms with E-state index >= 15 is 0 Å². The second-order valence-corrected chi connectivity index (χ2v) is 7.89. The molecule has 0 spiro atoms. The first-order chi connectivity index (χ1) is 13.8. The minimum Gasteiger partial charge on any atom is -0.322 e. The highest BCUT2D eigenvalue weighted by molar-refractivity contribution is 7.92. The molecule has 2 N–H and O–H groups in total. The van der Waals surface area contributed by atoms with Gasteiger partial charge in [-0.2, -0.15) is 0 Å². The molecule has 0 fully saturated rings. The number of nitro benzene ring substituents is 1. The zero-order chi connectivity index (χ0) is 21.0. The van der Waals surface area contributed by atoms with Crippen molar-refractivity contribution in [3.8, 4) is 0 Å². The number of nitrogens with zero attached hydrogens (tertiary/aromatic N) is 1. The Morgan fingerprint density at radius 3 is 2.31 bits per heavy atom. The van der Waals surface area contributed by atoms with Crippen molar-refractivity contribution in [1.29, 1.82) is 0 Å². The molecule has 0 heterocycles. The van der Waals surface area contributed by atoms with Gasteiger partial charge in [0.1, 0.15) is 0 Å². The summed E-state index contributed by atoms with van der Waals surface area (Å²) in [5.74, 6) is -0.513. The van der Waals surface area contributed by atoms with E-state index in [4.69, 9.17) is 0 Å². The van der Waals surface area contributed by atoms with E-state index < -0.39 is 20.9 Å². The molecular formula is C20H17N3O5S. The van der Waals surface area contributed by atoms with Gasteiger partial charge in [0, 0.05) is 23.4 Å². The second-order valence-electron chi connectivity index (χ2n) is 6.21. The summed E-state index contributed by atoms with van der Waals surface area (Å²) in [4.78, 5) is 22.6. The maximum Gasteiger partial charge on any atom is 0.271 e. The van der Waals surface area contributed by atoms with Gasteiger partial charge in [-0.25, -0.2) is 8.42 Å². The molecule has 0 aliphatic carbocycles. The molecule has 0 radical (unpaired) electrons. The number of para-hydroxylation sites is 1. The standard InChI is InChI=1S/C20H17N3O5S/c1-14-5-2-3-8-19(14)22-29(27,28)18-11-9-15(10-12-18)20(24)21-16-6-4-7-17(13-16)23(25)26/h2-13,22H,1H3,(H,21,24). The molecule has 148 valence electrons. The Labute approximate surface area is 167 Å². The average Bonchev–Trinajstić information content (AvgIpc) is 2.70. The topological polar surface area (TPSA) is 118 Å². The molecule has 0 aromatic heterocycles. The van der Waals surface area contributed by atoms with Gasteiger partial charge < -0.3 is 5.32 Å². The fourth-order valence-electron chi connectivity index (χ4n) is 2.58. The summed E-state index contributed by atoms with van der Waals surface area (Å²) in [6, 6.07) is 17.9. The lowest BCUT2D eigenvalue weighted by molar-refractivity contribution is -0.384. The number of nitrogens with one attached hydrogen (secondary N) is 2. The number of benzene rings is 3. The molecule has 0 saturated heterocycles. The third kappa shape index (κ3) is 4.77. The summed E-state index contributed by atoms with van der Waals surface area (Å²) in [5, 5.41) is 13.4. The van der Waals surface area contributed by atoms with Gasteiger partial charge in [-0.1, -0.05) is 24.3 Å². The van der Waals surface area contributed by atoms with Crippen molar-refractivity contribution >= 4 is 33.0 Å². The van der Waals surface area contributed by atoms with Gasteiger partial charge in [0.15, 0.2) is 0 Å². The molecular weight excluding hydrogens is 394 g/mol. The molecule has 0 aliphatic heterocycles. The quantitative estimate of drug-likeness (QED) is 0.470. The summed E-state index contributed by atoms with van der Waals surface area (Å²) >= 11 is 0. The van der Waals surface area contributed by atoms with Crippen LogP contribution in [0.4, 0.5) is 17.1 Å². The highest BCUT2D eigenvalue weighted by Crippen LogP contribution is 2.21. The number of carbonyl (C=O) groups is 1. The predicted octanol–water partition coefficient (Wildman–Crippen LogP) is 3.96. The van der Waals surface area contributed by atoms with E-state index in [0.717, 1.165) is 5.56 Å². The van der Waals surface area contributed by atoms with Gasteiger partial charge in [-0.3, -0.25) is 19.6 Å². The van der Waals surface area contributed by atoms with Crippen LogP contribution in [0.2, 0.25) is 0 Å². The highest BCUT2D eigenvalue weighted by Gasteiger charge is 2.16. The summed E-state index contributed by atoms with van der Waals surface area (Å²) in [7, 11) is -3.81. The van der Waals surface area contributed by atoms with Crippen LogP contribution < -0.4 is 10.0 Å². The monoisotopic (exact) mass is 411 g/mol. The van der Waals surface area contributed by atoms with Crippen LogP contribution >= 0.6 is 0 Å². The van der Waals surface area contributed by atoms with Crippen LogP contribution in [0.3, 0.4) is 0 Å². The normalized spacial score (nSPS) is 10.9. The fourth-order valence-corrected chi connectivity index (χ4v) is 3.71. The van der Waals surface area contributed by atoms with E-state index in [2.05, 4.69) is 10.0 Å². The third-order valence-corrected chi connectivity index (χ3v) is 5.51. The van der Waals surface area contributed by atoms with Crippen molar-refractivity contribution in [3.05, 3.63) is 94.0 Å². The van der Waals surface area contributed by atoms with Crippen LogP contribution in [0, 0.1) is 17.0 Å². The summed E-state index contributed by atoms with van der Waals surface area (Å²) in [5.41, 5.74) is 1.59. The molecule has 8 nitrogen and oxygen atoms in total. The Kier molecular flexibility index (Phi) is 5.60. The smallest absolute Gasteiger partial charge is 0.271 e. The van der Waals surface area contributed by atoms with Crippen molar-refractivity contribution in [2.75, 3.05) is 10.0 Å².